The van der Waals surface area contributed by atoms with Crippen LogP contribution in [0.25, 0.3) is 10.8 Å². The third-order valence-electron chi connectivity index (χ3n) is 5.06. The fourth-order valence-corrected chi connectivity index (χ4v) is 3.97. The highest BCUT2D eigenvalue weighted by Crippen LogP contribution is 2.26. The van der Waals surface area contributed by atoms with Gasteiger partial charge >= 0.3 is 0 Å². The first-order valence-corrected chi connectivity index (χ1v) is 9.81. The van der Waals surface area contributed by atoms with Crippen molar-refractivity contribution in [2.75, 3.05) is 32.9 Å². The summed E-state index contributed by atoms with van der Waals surface area (Å²) >= 11 is 3.47. The minimum atomic E-state index is -0.0823. The molecule has 0 spiro atoms. The maximum atomic E-state index is 12.4. The van der Waals surface area contributed by atoms with Crippen LogP contribution >= 0.6 is 15.9 Å². The maximum absolute atomic E-state index is 12.4. The molecule has 26 heavy (non-hydrogen) atoms. The van der Waals surface area contributed by atoms with Crippen molar-refractivity contribution in [1.82, 2.24) is 4.90 Å². The van der Waals surface area contributed by atoms with Crippen molar-refractivity contribution in [2.24, 2.45) is 5.92 Å². The Bertz CT molecular complexity index is 782. The molecule has 2 heterocycles. The molecule has 5 nitrogen and oxygen atoms in total. The van der Waals surface area contributed by atoms with E-state index in [1.54, 1.807) is 0 Å². The van der Waals surface area contributed by atoms with E-state index in [2.05, 4.69) is 22.0 Å². The molecule has 2 aliphatic rings. The Labute approximate surface area is 161 Å². The molecule has 2 aliphatic heterocycles. The predicted molar refractivity (Wildman–Crippen MR) is 102 cm³/mol. The molecule has 0 bridgehead atoms. The van der Waals surface area contributed by atoms with Gasteiger partial charge < -0.3 is 19.1 Å². The van der Waals surface area contributed by atoms with E-state index >= 15 is 0 Å². The highest BCUT2D eigenvalue weighted by Gasteiger charge is 2.31. The van der Waals surface area contributed by atoms with Crippen LogP contribution < -0.4 is 4.74 Å². The summed E-state index contributed by atoms with van der Waals surface area (Å²) in [5.74, 6) is 1.14. The lowest BCUT2D eigenvalue weighted by atomic mass is 9.96. The minimum absolute atomic E-state index is 0.0348. The van der Waals surface area contributed by atoms with Gasteiger partial charge in [0, 0.05) is 23.5 Å². The van der Waals surface area contributed by atoms with Crippen LogP contribution in [0.2, 0.25) is 0 Å². The quantitative estimate of drug-likeness (QED) is 0.759. The number of amides is 1. The molecule has 0 saturated carbocycles. The van der Waals surface area contributed by atoms with Crippen molar-refractivity contribution in [3.63, 3.8) is 0 Å². The highest BCUT2D eigenvalue weighted by atomic mass is 79.9. The number of hydrogen-bond acceptors (Lipinski definition) is 4. The average Bonchev–Trinajstić information content (AvgIpc) is 3.21. The lowest BCUT2D eigenvalue weighted by Gasteiger charge is -2.33. The average molecular weight is 420 g/mol. The summed E-state index contributed by atoms with van der Waals surface area (Å²) in [6.45, 7) is 2.91. The number of hydrogen-bond donors (Lipinski definition) is 0. The molecule has 6 heteroatoms. The van der Waals surface area contributed by atoms with Gasteiger partial charge in [-0.25, -0.2) is 0 Å². The minimum Gasteiger partial charge on any atom is -0.484 e. The van der Waals surface area contributed by atoms with Crippen LogP contribution in [0.3, 0.4) is 0 Å². The Morgan fingerprint density at radius 2 is 1.77 bits per heavy atom. The van der Waals surface area contributed by atoms with E-state index in [0.717, 1.165) is 46.9 Å². The first-order valence-electron chi connectivity index (χ1n) is 9.02. The SMILES string of the molecule is O=C(COc1ccc2cc(Br)ccc2c1)N1CCC(C2OCCO2)CC1. The molecule has 2 aromatic rings. The summed E-state index contributed by atoms with van der Waals surface area (Å²) in [6.07, 6.45) is 1.75. The number of benzene rings is 2. The van der Waals surface area contributed by atoms with Crippen molar-refractivity contribution in [2.45, 2.75) is 19.1 Å². The molecule has 138 valence electrons. The first-order chi connectivity index (χ1) is 12.7. The van der Waals surface area contributed by atoms with Crippen LogP contribution in [0.5, 0.6) is 5.75 Å². The fourth-order valence-electron chi connectivity index (χ4n) is 3.59. The van der Waals surface area contributed by atoms with Gasteiger partial charge in [-0.3, -0.25) is 4.79 Å². The van der Waals surface area contributed by atoms with Crippen molar-refractivity contribution in [3.05, 3.63) is 40.9 Å². The zero-order valence-corrected chi connectivity index (χ0v) is 16.1. The van der Waals surface area contributed by atoms with Crippen molar-refractivity contribution in [3.8, 4) is 5.75 Å². The van der Waals surface area contributed by atoms with Gasteiger partial charge in [-0.1, -0.05) is 28.1 Å². The van der Waals surface area contributed by atoms with Gasteiger partial charge in [-0.2, -0.15) is 0 Å². The molecular formula is C20H22BrNO4. The number of piperidine rings is 1. The molecule has 0 radical (unpaired) electrons. The van der Waals surface area contributed by atoms with E-state index in [1.165, 1.54) is 0 Å². The smallest absolute Gasteiger partial charge is 0.260 e. The molecule has 0 N–H and O–H groups in total. The molecule has 2 saturated heterocycles. The summed E-state index contributed by atoms with van der Waals surface area (Å²) in [4.78, 5) is 14.3. The summed E-state index contributed by atoms with van der Waals surface area (Å²) < 4.78 is 17.9. The van der Waals surface area contributed by atoms with Gasteiger partial charge in [0.15, 0.2) is 12.9 Å². The Morgan fingerprint density at radius 1 is 1.08 bits per heavy atom. The summed E-state index contributed by atoms with van der Waals surface area (Å²) in [7, 11) is 0. The molecular weight excluding hydrogens is 398 g/mol. The number of rotatable bonds is 4. The van der Waals surface area contributed by atoms with Crippen LogP contribution in [0.4, 0.5) is 0 Å². The Kier molecular flexibility index (Phi) is 5.43. The predicted octanol–water partition coefficient (Wildman–Crippen LogP) is 3.59. The molecule has 0 atom stereocenters. The van der Waals surface area contributed by atoms with Crippen LogP contribution in [-0.2, 0) is 14.3 Å². The molecule has 2 aromatic carbocycles. The summed E-state index contributed by atoms with van der Waals surface area (Å²) in [5.41, 5.74) is 0. The number of likely N-dealkylation sites (tertiary alicyclic amines) is 1. The van der Waals surface area contributed by atoms with Crippen LogP contribution in [0.1, 0.15) is 12.8 Å². The zero-order chi connectivity index (χ0) is 17.9. The topological polar surface area (TPSA) is 48.0 Å². The van der Waals surface area contributed by atoms with Gasteiger partial charge in [0.2, 0.25) is 0 Å². The number of ether oxygens (including phenoxy) is 3. The second kappa shape index (κ2) is 7.94. The van der Waals surface area contributed by atoms with E-state index in [1.807, 2.05) is 35.2 Å². The van der Waals surface area contributed by atoms with Crippen LogP contribution in [0.15, 0.2) is 40.9 Å². The summed E-state index contributed by atoms with van der Waals surface area (Å²) in [5, 5.41) is 2.23. The number of carbonyl (C=O) groups is 1. The fraction of sp³-hybridized carbons (Fsp3) is 0.450. The van der Waals surface area contributed by atoms with E-state index in [9.17, 15) is 4.79 Å². The van der Waals surface area contributed by atoms with E-state index in [0.29, 0.717) is 19.1 Å². The monoisotopic (exact) mass is 419 g/mol. The molecule has 4 rings (SSSR count). The summed E-state index contributed by atoms with van der Waals surface area (Å²) in [6, 6.07) is 12.0. The standard InChI is InChI=1S/C20H22BrNO4/c21-17-3-1-16-12-18(4-2-15(16)11-17)26-13-19(23)22-7-5-14(6-8-22)20-24-9-10-25-20/h1-4,11-12,14,20H,5-10,13H2. The van der Waals surface area contributed by atoms with Gasteiger partial charge in [0.25, 0.3) is 5.91 Å². The van der Waals surface area contributed by atoms with Crippen LogP contribution in [-0.4, -0.2) is 50.0 Å². The third-order valence-corrected chi connectivity index (χ3v) is 5.55. The third kappa shape index (κ3) is 4.03. The lowest BCUT2D eigenvalue weighted by molar-refractivity contribution is -0.138. The molecule has 2 fully saturated rings. The lowest BCUT2D eigenvalue weighted by Crippen LogP contribution is -2.43. The van der Waals surface area contributed by atoms with Gasteiger partial charge in [0.1, 0.15) is 5.75 Å². The zero-order valence-electron chi connectivity index (χ0n) is 14.5. The Morgan fingerprint density at radius 3 is 2.54 bits per heavy atom. The number of nitrogens with zero attached hydrogens (tertiary/aromatic N) is 1. The van der Waals surface area contributed by atoms with Gasteiger partial charge in [0.05, 0.1) is 13.2 Å². The highest BCUT2D eigenvalue weighted by molar-refractivity contribution is 9.10. The molecule has 0 unspecified atom stereocenters. The van der Waals surface area contributed by atoms with Crippen molar-refractivity contribution < 1.29 is 19.0 Å². The number of halogens is 1. The first kappa shape index (κ1) is 17.8. The second-order valence-electron chi connectivity index (χ2n) is 6.77. The molecule has 0 aromatic heterocycles. The largest absolute Gasteiger partial charge is 0.484 e. The van der Waals surface area contributed by atoms with E-state index in [4.69, 9.17) is 14.2 Å². The molecule has 0 aliphatic carbocycles. The normalized spacial score (nSPS) is 19.2. The Balaban J connectivity index is 1.29. The second-order valence-corrected chi connectivity index (χ2v) is 7.69. The van der Waals surface area contributed by atoms with Gasteiger partial charge in [-0.15, -0.1) is 0 Å². The molecule has 1 amide bonds. The van der Waals surface area contributed by atoms with E-state index in [-0.39, 0.29) is 18.8 Å². The van der Waals surface area contributed by atoms with Crippen molar-refractivity contribution >= 4 is 32.6 Å². The van der Waals surface area contributed by atoms with Crippen molar-refractivity contribution in [1.29, 1.82) is 0 Å². The Hall–Kier alpha value is -1.63. The van der Waals surface area contributed by atoms with Gasteiger partial charge in [-0.05, 0) is 47.9 Å². The van der Waals surface area contributed by atoms with E-state index < -0.39 is 0 Å². The number of carbonyl (C=O) groups excluding carboxylic acids is 1. The maximum Gasteiger partial charge on any atom is 0.260 e. The van der Waals surface area contributed by atoms with Crippen LogP contribution in [0, 0.1) is 5.92 Å². The number of fused-ring (bicyclic) bond motifs is 1.